The second-order valence-corrected chi connectivity index (χ2v) is 8.48. The molecule has 0 aromatic carbocycles. The van der Waals surface area contributed by atoms with Crippen molar-refractivity contribution in [3.8, 4) is 0 Å². The van der Waals surface area contributed by atoms with Gasteiger partial charge >= 0.3 is 5.97 Å². The maximum Gasteiger partial charge on any atom is 0.333 e. The molecule has 0 bridgehead atoms. The second-order valence-electron chi connectivity index (χ2n) is 8.48. The molecule has 1 aliphatic carbocycles. The molecule has 1 saturated heterocycles. The van der Waals surface area contributed by atoms with Gasteiger partial charge in [0.25, 0.3) is 0 Å². The lowest BCUT2D eigenvalue weighted by Crippen LogP contribution is -2.59. The van der Waals surface area contributed by atoms with E-state index in [0.29, 0.717) is 11.1 Å². The van der Waals surface area contributed by atoms with Crippen molar-refractivity contribution in [1.82, 2.24) is 0 Å². The van der Waals surface area contributed by atoms with Crippen molar-refractivity contribution >= 4 is 11.8 Å². The highest BCUT2D eigenvalue weighted by Crippen LogP contribution is 2.44. The third kappa shape index (κ3) is 4.88. The summed E-state index contributed by atoms with van der Waals surface area (Å²) in [4.78, 5) is 24.0. The number of carbonyl (C=O) groups is 2. The van der Waals surface area contributed by atoms with E-state index < -0.39 is 54.3 Å². The number of carbonyl (C=O) groups excluding carboxylic acids is 2. The highest BCUT2D eigenvalue weighted by Gasteiger charge is 2.47. The normalized spacial score (nSPS) is 37.2. The van der Waals surface area contributed by atoms with Crippen molar-refractivity contribution in [2.45, 2.75) is 70.4 Å². The van der Waals surface area contributed by atoms with Crippen molar-refractivity contribution < 1.29 is 44.6 Å². The van der Waals surface area contributed by atoms with E-state index in [0.717, 1.165) is 6.08 Å². The number of allylic oxidation sites excluding steroid dienone is 3. The van der Waals surface area contributed by atoms with Crippen LogP contribution in [0.3, 0.4) is 0 Å². The monoisotopic (exact) mass is 426 g/mol. The van der Waals surface area contributed by atoms with Crippen LogP contribution in [-0.2, 0) is 19.1 Å². The lowest BCUT2D eigenvalue weighted by Gasteiger charge is -2.44. The molecule has 0 aromatic heterocycles. The van der Waals surface area contributed by atoms with E-state index >= 15 is 0 Å². The Hall–Kier alpha value is -1.88. The molecule has 1 fully saturated rings. The maximum absolute atomic E-state index is 12.2. The summed E-state index contributed by atoms with van der Waals surface area (Å²) in [6.45, 7) is 6.17. The highest BCUT2D eigenvalue weighted by molar-refractivity contribution is 5.92. The van der Waals surface area contributed by atoms with Gasteiger partial charge in [-0.3, -0.25) is 4.79 Å². The summed E-state index contributed by atoms with van der Waals surface area (Å²) in [7, 11) is 0. The average Bonchev–Trinajstić information content (AvgIpc) is 2.64. The Morgan fingerprint density at radius 1 is 1.27 bits per heavy atom. The lowest BCUT2D eigenvalue weighted by molar-refractivity contribution is -0.291. The van der Waals surface area contributed by atoms with E-state index in [9.17, 15) is 35.1 Å². The van der Waals surface area contributed by atoms with Gasteiger partial charge < -0.3 is 35.0 Å². The van der Waals surface area contributed by atoms with E-state index in [2.05, 4.69) is 0 Å². The van der Waals surface area contributed by atoms with E-state index in [1.807, 2.05) is 0 Å². The number of hydrogen-bond donors (Lipinski definition) is 5. The molecular weight excluding hydrogens is 396 g/mol. The summed E-state index contributed by atoms with van der Waals surface area (Å²) in [5.41, 5.74) is -1.21. The maximum atomic E-state index is 12.2. The first-order valence-electron chi connectivity index (χ1n) is 9.65. The molecule has 9 heteroatoms. The Morgan fingerprint density at radius 3 is 2.47 bits per heavy atom. The summed E-state index contributed by atoms with van der Waals surface area (Å²) >= 11 is 0. The molecule has 5 N–H and O–H groups in total. The number of hydrogen-bond acceptors (Lipinski definition) is 9. The SMILES string of the molecule is CC(C=CC1(O)C(C)=CC(=O)CC1(C)C)=CC(=O)O[C@@H]1O[C@H](CO)[C@@H](O)[C@H](O)[C@H]1O. The molecule has 0 saturated carbocycles. The Kier molecular flexibility index (Phi) is 7.39. The summed E-state index contributed by atoms with van der Waals surface area (Å²) < 4.78 is 10.1. The molecule has 1 heterocycles. The molecule has 1 aliphatic heterocycles. The highest BCUT2D eigenvalue weighted by atomic mass is 16.7. The van der Waals surface area contributed by atoms with Gasteiger partial charge in [0.1, 0.15) is 30.0 Å². The van der Waals surface area contributed by atoms with Crippen LogP contribution >= 0.6 is 0 Å². The van der Waals surface area contributed by atoms with Gasteiger partial charge in [0.2, 0.25) is 6.29 Å². The minimum absolute atomic E-state index is 0.0639. The minimum Gasteiger partial charge on any atom is -0.430 e. The fourth-order valence-electron chi connectivity index (χ4n) is 3.66. The van der Waals surface area contributed by atoms with Crippen LogP contribution in [0.5, 0.6) is 0 Å². The summed E-state index contributed by atoms with van der Waals surface area (Å²) in [5, 5.41) is 49.7. The number of aliphatic hydroxyl groups is 5. The van der Waals surface area contributed by atoms with E-state index in [1.165, 1.54) is 18.2 Å². The standard InChI is InChI=1S/C21H30O9/c1-11(5-6-21(28)12(2)8-13(23)9-20(21,3)4)7-15(24)30-19-18(27)17(26)16(25)14(10-22)29-19/h5-8,14,16-19,22,25-28H,9-10H2,1-4H3/t14-,16-,17+,18-,19+,21?/m1/s1. The largest absolute Gasteiger partial charge is 0.430 e. The van der Waals surface area contributed by atoms with Gasteiger partial charge in [0.05, 0.1) is 6.61 Å². The molecule has 2 rings (SSSR count). The van der Waals surface area contributed by atoms with Gasteiger partial charge in [-0.05, 0) is 37.1 Å². The van der Waals surface area contributed by atoms with Crippen LogP contribution in [-0.4, -0.2) is 80.2 Å². The van der Waals surface area contributed by atoms with Gasteiger partial charge in [-0.15, -0.1) is 0 Å². The zero-order valence-corrected chi connectivity index (χ0v) is 17.5. The smallest absolute Gasteiger partial charge is 0.333 e. The molecule has 0 spiro atoms. The van der Waals surface area contributed by atoms with Crippen molar-refractivity contribution in [3.63, 3.8) is 0 Å². The van der Waals surface area contributed by atoms with Crippen LogP contribution in [0, 0.1) is 5.41 Å². The molecule has 1 unspecified atom stereocenters. The van der Waals surface area contributed by atoms with Gasteiger partial charge in [0, 0.05) is 17.9 Å². The number of esters is 1. The molecule has 168 valence electrons. The van der Waals surface area contributed by atoms with Crippen molar-refractivity contribution in [2.75, 3.05) is 6.61 Å². The van der Waals surface area contributed by atoms with E-state index in [-0.39, 0.29) is 12.2 Å². The third-order valence-electron chi connectivity index (χ3n) is 5.64. The molecular formula is C21H30O9. The first-order chi connectivity index (χ1) is 13.8. The zero-order chi connectivity index (χ0) is 22.9. The van der Waals surface area contributed by atoms with Gasteiger partial charge in [-0.1, -0.05) is 19.9 Å². The number of aliphatic hydroxyl groups excluding tert-OH is 4. The lowest BCUT2D eigenvalue weighted by atomic mass is 9.64. The van der Waals surface area contributed by atoms with Crippen LogP contribution in [0.4, 0.5) is 0 Å². The first-order valence-corrected chi connectivity index (χ1v) is 9.65. The van der Waals surface area contributed by atoms with Crippen LogP contribution in [0.2, 0.25) is 0 Å². The van der Waals surface area contributed by atoms with Gasteiger partial charge in [-0.25, -0.2) is 4.79 Å². The van der Waals surface area contributed by atoms with E-state index in [4.69, 9.17) is 9.47 Å². The van der Waals surface area contributed by atoms with Crippen molar-refractivity contribution in [2.24, 2.45) is 5.41 Å². The molecule has 30 heavy (non-hydrogen) atoms. The number of ether oxygens (including phenoxy) is 2. The average molecular weight is 426 g/mol. The first kappa shape index (κ1) is 24.4. The molecule has 9 nitrogen and oxygen atoms in total. The minimum atomic E-state index is -1.69. The summed E-state index contributed by atoms with van der Waals surface area (Å²) in [6.07, 6.45) is -1.95. The van der Waals surface area contributed by atoms with Crippen molar-refractivity contribution in [1.29, 1.82) is 0 Å². The molecule has 2 aliphatic rings. The number of ketones is 1. The molecule has 6 atom stereocenters. The Labute approximate surface area is 174 Å². The van der Waals surface area contributed by atoms with Gasteiger partial charge in [0.15, 0.2) is 5.78 Å². The van der Waals surface area contributed by atoms with Crippen LogP contribution in [0.15, 0.2) is 35.5 Å². The molecule has 0 amide bonds. The fourth-order valence-corrected chi connectivity index (χ4v) is 3.66. The van der Waals surface area contributed by atoms with Gasteiger partial charge in [-0.2, -0.15) is 0 Å². The molecule has 0 radical (unpaired) electrons. The Balaban J connectivity index is 2.11. The predicted octanol–water partition coefficient (Wildman–Crippen LogP) is -0.492. The fraction of sp³-hybridized carbons (Fsp3) is 0.619. The third-order valence-corrected chi connectivity index (χ3v) is 5.64. The quantitative estimate of drug-likeness (QED) is 0.222. The Bertz CT molecular complexity index is 764. The number of rotatable bonds is 5. The van der Waals surface area contributed by atoms with Crippen LogP contribution in [0.25, 0.3) is 0 Å². The van der Waals surface area contributed by atoms with E-state index in [1.54, 1.807) is 27.7 Å². The summed E-state index contributed by atoms with van der Waals surface area (Å²) in [5.74, 6) is -0.954. The van der Waals surface area contributed by atoms with Crippen LogP contribution in [0.1, 0.15) is 34.1 Å². The molecule has 0 aromatic rings. The van der Waals surface area contributed by atoms with Crippen LogP contribution < -0.4 is 0 Å². The van der Waals surface area contributed by atoms with Crippen molar-refractivity contribution in [3.05, 3.63) is 35.5 Å². The second kappa shape index (κ2) is 9.09. The summed E-state index contributed by atoms with van der Waals surface area (Å²) in [6, 6.07) is 0. The predicted molar refractivity (Wildman–Crippen MR) is 105 cm³/mol. The topological polar surface area (TPSA) is 154 Å². The zero-order valence-electron chi connectivity index (χ0n) is 17.5. The Morgan fingerprint density at radius 2 is 1.90 bits per heavy atom.